The minimum atomic E-state index is -4.53. The quantitative estimate of drug-likeness (QED) is 0.625. The molecule has 2 heterocycles. The Balaban J connectivity index is 1.85. The monoisotopic (exact) mass is 440 g/mol. The number of nitrogens with zero attached hydrogens (tertiary/aromatic N) is 3. The molecule has 1 N–H and O–H groups in total. The molecule has 0 fully saturated rings. The number of hydrogen-bond acceptors (Lipinski definition) is 6. The number of benzene rings is 1. The van der Waals surface area contributed by atoms with Crippen molar-refractivity contribution in [2.24, 2.45) is 0 Å². The molecule has 0 aliphatic heterocycles. The summed E-state index contributed by atoms with van der Waals surface area (Å²) in [5.74, 6) is 0.986. The Bertz CT molecular complexity index is 1100. The van der Waals surface area contributed by atoms with Crippen LogP contribution in [0.3, 0.4) is 0 Å². The van der Waals surface area contributed by atoms with Gasteiger partial charge in [-0.15, -0.1) is 0 Å². The average molecular weight is 441 g/mol. The first kappa shape index (κ1) is 21.4. The molecule has 7 nitrogen and oxygen atoms in total. The van der Waals surface area contributed by atoms with Crippen LogP contribution >= 0.6 is 11.6 Å². The van der Waals surface area contributed by atoms with Crippen LogP contribution in [-0.4, -0.2) is 29.0 Å². The first-order chi connectivity index (χ1) is 14.3. The Morgan fingerprint density at radius 3 is 2.50 bits per heavy atom. The number of methoxy groups -OCH3 is 2. The highest BCUT2D eigenvalue weighted by molar-refractivity contribution is 6.32. The summed E-state index contributed by atoms with van der Waals surface area (Å²) in [4.78, 5) is 16.2. The molecule has 0 unspecified atom stereocenters. The number of anilines is 1. The number of alkyl halides is 3. The number of hydrogen-bond donors (Lipinski definition) is 1. The van der Waals surface area contributed by atoms with Gasteiger partial charge in [0.1, 0.15) is 5.02 Å². The van der Waals surface area contributed by atoms with Crippen LogP contribution in [-0.2, 0) is 12.7 Å². The van der Waals surface area contributed by atoms with Crippen molar-refractivity contribution in [3.05, 3.63) is 69.2 Å². The van der Waals surface area contributed by atoms with Crippen molar-refractivity contribution in [3.8, 4) is 17.3 Å². The Morgan fingerprint density at radius 2 is 1.90 bits per heavy atom. The molecule has 0 amide bonds. The maximum atomic E-state index is 12.7. The first-order valence-electron chi connectivity index (χ1n) is 8.51. The number of rotatable bonds is 6. The lowest BCUT2D eigenvalue weighted by Gasteiger charge is -2.14. The highest BCUT2D eigenvalue weighted by Crippen LogP contribution is 2.31. The topological polar surface area (TPSA) is 78.3 Å². The SMILES string of the molecule is COc1cccc(CNc2cnn(-c3ccc(C(F)(F)F)cn3)c(=O)c2Cl)c1OC. The van der Waals surface area contributed by atoms with Crippen LogP contribution in [0.1, 0.15) is 11.1 Å². The summed E-state index contributed by atoms with van der Waals surface area (Å²) < 4.78 is 49.4. The highest BCUT2D eigenvalue weighted by atomic mass is 35.5. The number of ether oxygens (including phenoxy) is 2. The van der Waals surface area contributed by atoms with Gasteiger partial charge in [-0.3, -0.25) is 4.79 Å². The van der Waals surface area contributed by atoms with E-state index in [9.17, 15) is 18.0 Å². The number of aromatic nitrogens is 3. The van der Waals surface area contributed by atoms with Crippen molar-refractivity contribution in [2.45, 2.75) is 12.7 Å². The molecule has 158 valence electrons. The van der Waals surface area contributed by atoms with E-state index in [1.165, 1.54) is 20.4 Å². The molecule has 2 aromatic heterocycles. The summed E-state index contributed by atoms with van der Waals surface area (Å²) in [6, 6.07) is 7.19. The molecule has 0 aliphatic rings. The molecular weight excluding hydrogens is 425 g/mol. The largest absolute Gasteiger partial charge is 0.493 e. The second-order valence-corrected chi connectivity index (χ2v) is 6.38. The molecule has 0 aliphatic carbocycles. The van der Waals surface area contributed by atoms with E-state index in [-0.39, 0.29) is 23.1 Å². The first-order valence-corrected chi connectivity index (χ1v) is 8.89. The van der Waals surface area contributed by atoms with Gasteiger partial charge in [-0.1, -0.05) is 23.7 Å². The zero-order valence-corrected chi connectivity index (χ0v) is 16.6. The lowest BCUT2D eigenvalue weighted by Crippen LogP contribution is -2.23. The van der Waals surface area contributed by atoms with Crippen molar-refractivity contribution >= 4 is 17.3 Å². The summed E-state index contributed by atoms with van der Waals surface area (Å²) in [5, 5.41) is 6.75. The smallest absolute Gasteiger partial charge is 0.417 e. The molecule has 3 rings (SSSR count). The lowest BCUT2D eigenvalue weighted by molar-refractivity contribution is -0.137. The van der Waals surface area contributed by atoms with Gasteiger partial charge in [-0.25, -0.2) is 4.98 Å². The second kappa shape index (κ2) is 8.62. The third-order valence-corrected chi connectivity index (χ3v) is 4.53. The Kier molecular flexibility index (Phi) is 6.16. The van der Waals surface area contributed by atoms with Gasteiger partial charge in [0.25, 0.3) is 5.56 Å². The van der Waals surface area contributed by atoms with Crippen LogP contribution in [0, 0.1) is 0 Å². The van der Waals surface area contributed by atoms with Crippen LogP contribution in [0.15, 0.2) is 47.5 Å². The minimum absolute atomic E-state index is 0.0871. The standard InChI is InChI=1S/C19H16ClF3N4O3/c1-29-14-5-3-4-11(17(14)30-2)8-24-13-10-26-27(18(28)16(13)20)15-7-6-12(9-25-15)19(21,22)23/h3-7,9-10,24H,8H2,1-2H3. The molecule has 0 spiro atoms. The summed E-state index contributed by atoms with van der Waals surface area (Å²) in [7, 11) is 3.03. The predicted octanol–water partition coefficient (Wildman–Crippen LogP) is 3.93. The summed E-state index contributed by atoms with van der Waals surface area (Å²) in [6.45, 7) is 0.254. The molecule has 0 saturated carbocycles. The number of halogens is 4. The second-order valence-electron chi connectivity index (χ2n) is 6.00. The van der Waals surface area contributed by atoms with E-state index >= 15 is 0 Å². The van der Waals surface area contributed by atoms with Gasteiger partial charge in [0.15, 0.2) is 17.3 Å². The minimum Gasteiger partial charge on any atom is -0.493 e. The van der Waals surface area contributed by atoms with Crippen molar-refractivity contribution in [2.75, 3.05) is 19.5 Å². The fraction of sp³-hybridized carbons (Fsp3) is 0.211. The van der Waals surface area contributed by atoms with E-state index < -0.39 is 17.3 Å². The van der Waals surface area contributed by atoms with Crippen molar-refractivity contribution < 1.29 is 22.6 Å². The van der Waals surface area contributed by atoms with Crippen molar-refractivity contribution in [1.29, 1.82) is 0 Å². The van der Waals surface area contributed by atoms with Gasteiger partial charge in [0, 0.05) is 18.3 Å². The Labute approximate surface area is 174 Å². The fourth-order valence-corrected chi connectivity index (χ4v) is 2.88. The molecule has 0 bridgehead atoms. The van der Waals surface area contributed by atoms with Crippen LogP contribution < -0.4 is 20.3 Å². The van der Waals surface area contributed by atoms with E-state index in [1.807, 2.05) is 6.07 Å². The van der Waals surface area contributed by atoms with Crippen molar-refractivity contribution in [3.63, 3.8) is 0 Å². The lowest BCUT2D eigenvalue weighted by atomic mass is 10.2. The van der Waals surface area contributed by atoms with Gasteiger partial charge in [-0.2, -0.15) is 23.0 Å². The molecule has 11 heteroatoms. The molecule has 0 saturated heterocycles. The van der Waals surface area contributed by atoms with Gasteiger partial charge < -0.3 is 14.8 Å². The third-order valence-electron chi connectivity index (χ3n) is 4.16. The van der Waals surface area contributed by atoms with Crippen LogP contribution in [0.5, 0.6) is 11.5 Å². The van der Waals surface area contributed by atoms with Crippen LogP contribution in [0.25, 0.3) is 5.82 Å². The summed E-state index contributed by atoms with van der Waals surface area (Å²) in [5.41, 5.74) is -0.668. The maximum absolute atomic E-state index is 12.7. The molecule has 1 aromatic carbocycles. The number of nitrogens with one attached hydrogen (secondary N) is 1. The third kappa shape index (κ3) is 4.33. The fourth-order valence-electron chi connectivity index (χ4n) is 2.68. The number of para-hydroxylation sites is 1. The van der Waals surface area contributed by atoms with E-state index in [0.717, 1.165) is 22.4 Å². The van der Waals surface area contributed by atoms with Crippen molar-refractivity contribution in [1.82, 2.24) is 14.8 Å². The van der Waals surface area contributed by atoms with E-state index in [2.05, 4.69) is 15.4 Å². The van der Waals surface area contributed by atoms with Gasteiger partial charge >= 0.3 is 6.18 Å². The zero-order chi connectivity index (χ0) is 21.9. The van der Waals surface area contributed by atoms with E-state index in [0.29, 0.717) is 17.7 Å². The van der Waals surface area contributed by atoms with Crippen LogP contribution in [0.2, 0.25) is 5.02 Å². The normalized spacial score (nSPS) is 11.3. The molecule has 0 radical (unpaired) electrons. The zero-order valence-electron chi connectivity index (χ0n) is 15.8. The van der Waals surface area contributed by atoms with Gasteiger partial charge in [-0.05, 0) is 18.2 Å². The predicted molar refractivity (Wildman–Crippen MR) is 105 cm³/mol. The maximum Gasteiger partial charge on any atom is 0.417 e. The molecular formula is C19H16ClF3N4O3. The highest BCUT2D eigenvalue weighted by Gasteiger charge is 2.30. The van der Waals surface area contributed by atoms with Gasteiger partial charge in [0.2, 0.25) is 0 Å². The van der Waals surface area contributed by atoms with E-state index in [1.54, 1.807) is 12.1 Å². The molecule has 30 heavy (non-hydrogen) atoms. The average Bonchev–Trinajstić information content (AvgIpc) is 2.74. The Morgan fingerprint density at radius 1 is 1.13 bits per heavy atom. The van der Waals surface area contributed by atoms with E-state index in [4.69, 9.17) is 21.1 Å². The number of pyridine rings is 1. The Hall–Kier alpha value is -3.27. The molecule has 0 atom stereocenters. The summed E-state index contributed by atoms with van der Waals surface area (Å²) >= 11 is 6.15. The summed E-state index contributed by atoms with van der Waals surface area (Å²) in [6.07, 6.45) is -2.62. The molecule has 3 aromatic rings. The van der Waals surface area contributed by atoms with Crippen LogP contribution in [0.4, 0.5) is 18.9 Å². The van der Waals surface area contributed by atoms with Gasteiger partial charge in [0.05, 0.1) is 31.7 Å².